The largest absolute Gasteiger partial charge is 0.368 e. The molecule has 1 aliphatic rings. The van der Waals surface area contributed by atoms with E-state index in [1.54, 1.807) is 13.0 Å². The molecule has 0 radical (unpaired) electrons. The van der Waals surface area contributed by atoms with E-state index in [2.05, 4.69) is 9.97 Å². The lowest BCUT2D eigenvalue weighted by atomic mass is 9.76. The molecule has 106 valence electrons. The molecule has 0 saturated carbocycles. The average molecular weight is 283 g/mol. The van der Waals surface area contributed by atoms with Crippen molar-refractivity contribution in [2.45, 2.75) is 25.7 Å². The van der Waals surface area contributed by atoms with E-state index in [0.717, 1.165) is 11.0 Å². The van der Waals surface area contributed by atoms with Crippen LogP contribution in [-0.4, -0.2) is 23.6 Å². The molecule has 1 unspecified atom stereocenters. The molecule has 0 spiro atoms. The SMILES string of the molecule is Bc1cc(F)ccc1C1CC(=O)c2c(C)nc(N)nc2C1. The maximum Gasteiger partial charge on any atom is 0.220 e. The highest BCUT2D eigenvalue weighted by molar-refractivity contribution is 6.33. The number of aryl methyl sites for hydroxylation is 1. The minimum atomic E-state index is -0.263. The van der Waals surface area contributed by atoms with E-state index in [4.69, 9.17) is 5.73 Å². The van der Waals surface area contributed by atoms with E-state index in [9.17, 15) is 9.18 Å². The number of hydrogen-bond donors (Lipinski definition) is 1. The molecule has 1 aromatic heterocycles. The smallest absolute Gasteiger partial charge is 0.220 e. The molecule has 2 N–H and O–H groups in total. The fraction of sp³-hybridized carbons (Fsp3) is 0.267. The quantitative estimate of drug-likeness (QED) is 0.781. The summed E-state index contributed by atoms with van der Waals surface area (Å²) in [5.41, 5.74) is 9.46. The van der Waals surface area contributed by atoms with Crippen LogP contribution in [0.5, 0.6) is 0 Å². The van der Waals surface area contributed by atoms with Gasteiger partial charge in [0.1, 0.15) is 13.7 Å². The molecule has 1 atom stereocenters. The Labute approximate surface area is 123 Å². The number of fused-ring (bicyclic) bond motifs is 1. The second kappa shape index (κ2) is 4.95. The number of ketones is 1. The van der Waals surface area contributed by atoms with Crippen LogP contribution in [0.15, 0.2) is 18.2 Å². The first kappa shape index (κ1) is 13.7. The van der Waals surface area contributed by atoms with Crippen LogP contribution in [0.25, 0.3) is 0 Å². The Balaban J connectivity index is 2.04. The van der Waals surface area contributed by atoms with Crippen molar-refractivity contribution in [3.8, 4) is 0 Å². The number of Topliss-reactive ketones (excluding diaryl/α,β-unsaturated/α-hetero) is 1. The van der Waals surface area contributed by atoms with Gasteiger partial charge in [-0.25, -0.2) is 14.4 Å². The molecule has 0 amide bonds. The van der Waals surface area contributed by atoms with Gasteiger partial charge < -0.3 is 5.73 Å². The number of halogens is 1. The van der Waals surface area contributed by atoms with Crippen LogP contribution in [0.1, 0.15) is 39.6 Å². The fourth-order valence-electron chi connectivity index (χ4n) is 3.11. The summed E-state index contributed by atoms with van der Waals surface area (Å²) in [4.78, 5) is 20.7. The standard InChI is InChI=1S/C15H15BFN3O/c1-7-14-12(20-15(18)19-7)4-8(5-13(14)21)10-3-2-9(17)6-11(10)16/h2-3,6,8H,4-5,16H2,1H3,(H2,18,19,20). The fourth-order valence-corrected chi connectivity index (χ4v) is 3.11. The van der Waals surface area contributed by atoms with Gasteiger partial charge in [-0.3, -0.25) is 4.79 Å². The van der Waals surface area contributed by atoms with Crippen molar-refractivity contribution >= 4 is 25.0 Å². The van der Waals surface area contributed by atoms with Crippen LogP contribution in [0.2, 0.25) is 0 Å². The highest BCUT2D eigenvalue weighted by Gasteiger charge is 2.30. The first-order chi connectivity index (χ1) is 9.95. The number of anilines is 1. The molecule has 4 nitrogen and oxygen atoms in total. The number of hydrogen-bond acceptors (Lipinski definition) is 4. The van der Waals surface area contributed by atoms with Crippen LogP contribution in [0.3, 0.4) is 0 Å². The highest BCUT2D eigenvalue weighted by atomic mass is 19.1. The topological polar surface area (TPSA) is 68.9 Å². The zero-order chi connectivity index (χ0) is 15.1. The summed E-state index contributed by atoms with van der Waals surface area (Å²) in [6, 6.07) is 4.68. The van der Waals surface area contributed by atoms with Crippen molar-refractivity contribution in [1.82, 2.24) is 9.97 Å². The van der Waals surface area contributed by atoms with E-state index >= 15 is 0 Å². The second-order valence-electron chi connectivity index (χ2n) is 5.52. The predicted octanol–water partition coefficient (Wildman–Crippen LogP) is 0.677. The number of nitrogen functional groups attached to an aromatic ring is 1. The molecule has 1 aromatic carbocycles. The summed E-state index contributed by atoms with van der Waals surface area (Å²) in [6.45, 7) is 1.78. The van der Waals surface area contributed by atoms with Gasteiger partial charge in [-0.05, 0) is 31.4 Å². The maximum absolute atomic E-state index is 13.2. The van der Waals surface area contributed by atoms with Crippen LogP contribution in [0, 0.1) is 12.7 Å². The molecule has 21 heavy (non-hydrogen) atoms. The number of aromatic nitrogens is 2. The van der Waals surface area contributed by atoms with Crippen LogP contribution >= 0.6 is 0 Å². The Morgan fingerprint density at radius 2 is 2.10 bits per heavy atom. The number of rotatable bonds is 1. The summed E-state index contributed by atoms with van der Waals surface area (Å²) >= 11 is 0. The lowest BCUT2D eigenvalue weighted by Gasteiger charge is -2.25. The molecule has 0 saturated heterocycles. The van der Waals surface area contributed by atoms with E-state index in [1.165, 1.54) is 12.1 Å². The Kier molecular flexibility index (Phi) is 3.24. The predicted molar refractivity (Wildman–Crippen MR) is 81.2 cm³/mol. The first-order valence-corrected chi connectivity index (χ1v) is 6.88. The zero-order valence-corrected chi connectivity index (χ0v) is 12.0. The van der Waals surface area contributed by atoms with Gasteiger partial charge in [0.05, 0.1) is 17.0 Å². The van der Waals surface area contributed by atoms with Gasteiger partial charge >= 0.3 is 0 Å². The molecule has 2 aromatic rings. The second-order valence-corrected chi connectivity index (χ2v) is 5.52. The van der Waals surface area contributed by atoms with Crippen molar-refractivity contribution in [2.75, 3.05) is 5.73 Å². The van der Waals surface area contributed by atoms with E-state index in [1.807, 2.05) is 7.85 Å². The molecular formula is C15H15BFN3O. The van der Waals surface area contributed by atoms with Gasteiger partial charge in [-0.15, -0.1) is 0 Å². The Morgan fingerprint density at radius 1 is 1.33 bits per heavy atom. The summed E-state index contributed by atoms with van der Waals surface area (Å²) in [5.74, 6) is -0.0292. The maximum atomic E-state index is 13.2. The van der Waals surface area contributed by atoms with E-state index < -0.39 is 0 Å². The molecule has 0 fully saturated rings. The minimum absolute atomic E-state index is 0.0132. The number of nitrogens with two attached hydrogens (primary N) is 1. The third-order valence-electron chi connectivity index (χ3n) is 4.00. The van der Waals surface area contributed by atoms with E-state index in [-0.39, 0.29) is 23.5 Å². The summed E-state index contributed by atoms with van der Waals surface area (Å²) in [7, 11) is 1.86. The summed E-state index contributed by atoms with van der Waals surface area (Å²) in [6.07, 6.45) is 1.02. The number of carbonyl (C=O) groups excluding carboxylic acids is 1. The van der Waals surface area contributed by atoms with Crippen LogP contribution in [0.4, 0.5) is 10.3 Å². The molecule has 3 rings (SSSR count). The average Bonchev–Trinajstić information content (AvgIpc) is 2.36. The zero-order valence-electron chi connectivity index (χ0n) is 12.0. The lowest BCUT2D eigenvalue weighted by molar-refractivity contribution is 0.0962. The van der Waals surface area contributed by atoms with Crippen molar-refractivity contribution in [2.24, 2.45) is 0 Å². The van der Waals surface area contributed by atoms with Gasteiger partial charge in [0.2, 0.25) is 5.95 Å². The van der Waals surface area contributed by atoms with Gasteiger partial charge in [-0.2, -0.15) is 0 Å². The Morgan fingerprint density at radius 3 is 2.81 bits per heavy atom. The van der Waals surface area contributed by atoms with Gasteiger partial charge in [0, 0.05) is 6.42 Å². The van der Waals surface area contributed by atoms with Gasteiger partial charge in [0.25, 0.3) is 0 Å². The first-order valence-electron chi connectivity index (χ1n) is 6.88. The van der Waals surface area contributed by atoms with Gasteiger partial charge in [-0.1, -0.05) is 17.1 Å². The van der Waals surface area contributed by atoms with Crippen molar-refractivity contribution in [3.63, 3.8) is 0 Å². The van der Waals surface area contributed by atoms with Crippen LogP contribution in [-0.2, 0) is 6.42 Å². The van der Waals surface area contributed by atoms with Gasteiger partial charge in [0.15, 0.2) is 5.78 Å². The van der Waals surface area contributed by atoms with Crippen molar-refractivity contribution < 1.29 is 9.18 Å². The normalized spacial score (nSPS) is 17.6. The summed E-state index contributed by atoms with van der Waals surface area (Å²) in [5, 5.41) is 0. The van der Waals surface area contributed by atoms with Crippen molar-refractivity contribution in [1.29, 1.82) is 0 Å². The van der Waals surface area contributed by atoms with E-state index in [0.29, 0.717) is 29.8 Å². The molecule has 1 aliphatic carbocycles. The Hall–Kier alpha value is -2.24. The third-order valence-corrected chi connectivity index (χ3v) is 4.00. The Bertz CT molecular complexity index is 748. The number of benzene rings is 1. The third kappa shape index (κ3) is 2.41. The minimum Gasteiger partial charge on any atom is -0.368 e. The highest BCUT2D eigenvalue weighted by Crippen LogP contribution is 2.32. The monoisotopic (exact) mass is 283 g/mol. The summed E-state index contributed by atoms with van der Waals surface area (Å²) < 4.78 is 13.2. The number of carbonyl (C=O) groups is 1. The van der Waals surface area contributed by atoms with Crippen LogP contribution < -0.4 is 11.2 Å². The molecule has 0 bridgehead atoms. The lowest BCUT2D eigenvalue weighted by Crippen LogP contribution is -2.26. The number of nitrogens with zero attached hydrogens (tertiary/aromatic N) is 2. The molecular weight excluding hydrogens is 268 g/mol. The van der Waals surface area contributed by atoms with Crippen molar-refractivity contribution in [3.05, 3.63) is 46.5 Å². The molecule has 0 aliphatic heterocycles. The molecule has 1 heterocycles. The molecule has 6 heteroatoms.